The van der Waals surface area contributed by atoms with Crippen LogP contribution < -0.4 is 5.73 Å². The van der Waals surface area contributed by atoms with Gasteiger partial charge < -0.3 is 10.9 Å². The third-order valence-corrected chi connectivity index (χ3v) is 4.04. The van der Waals surface area contributed by atoms with Crippen LogP contribution >= 0.6 is 23.5 Å². The predicted octanol–water partition coefficient (Wildman–Crippen LogP) is 0.581. The normalized spacial score (nSPS) is 28.4. The number of hydrogen-bond donors (Lipinski definition) is 2. The number of oxime groups is 1. The van der Waals surface area contributed by atoms with Gasteiger partial charge in [0, 0.05) is 17.3 Å². The van der Waals surface area contributed by atoms with Crippen molar-refractivity contribution < 1.29 is 5.21 Å². The fourth-order valence-electron chi connectivity index (χ4n) is 0.723. The molecule has 3 N–H and O–H groups in total. The van der Waals surface area contributed by atoms with E-state index in [1.54, 1.807) is 11.8 Å². The number of nitrogens with zero attached hydrogens (tertiary/aromatic N) is 1. The molecule has 1 fully saturated rings. The fourth-order valence-corrected chi connectivity index (χ4v) is 3.31. The molecule has 1 aliphatic rings. The number of amidine groups is 1. The van der Waals surface area contributed by atoms with Crippen LogP contribution in [0.4, 0.5) is 0 Å². The van der Waals surface area contributed by atoms with Gasteiger partial charge in [0.2, 0.25) is 0 Å². The highest BCUT2D eigenvalue weighted by atomic mass is 32.2. The number of thioether (sulfide) groups is 2. The van der Waals surface area contributed by atoms with E-state index in [1.807, 2.05) is 11.8 Å². The highest BCUT2D eigenvalue weighted by Gasteiger charge is 2.17. The molecule has 0 aromatic rings. The molecule has 0 spiro atoms. The second-order valence-electron chi connectivity index (χ2n) is 1.96. The topological polar surface area (TPSA) is 58.6 Å². The van der Waals surface area contributed by atoms with Crippen LogP contribution in [-0.2, 0) is 0 Å². The molecule has 0 aromatic carbocycles. The second-order valence-corrected chi connectivity index (χ2v) is 4.42. The zero-order chi connectivity index (χ0) is 7.40. The summed E-state index contributed by atoms with van der Waals surface area (Å²) in [5.41, 5.74) is 5.41. The van der Waals surface area contributed by atoms with Gasteiger partial charge in [-0.3, -0.25) is 0 Å². The monoisotopic (exact) mass is 178 g/mol. The van der Waals surface area contributed by atoms with Crippen LogP contribution in [0.15, 0.2) is 5.16 Å². The number of rotatable bonds is 1. The zero-order valence-electron chi connectivity index (χ0n) is 5.49. The Kier molecular flexibility index (Phi) is 3.21. The fraction of sp³-hybridized carbons (Fsp3) is 0.800. The van der Waals surface area contributed by atoms with Crippen molar-refractivity contribution in [1.82, 2.24) is 0 Å². The summed E-state index contributed by atoms with van der Waals surface area (Å²) in [6, 6.07) is 0. The van der Waals surface area contributed by atoms with E-state index in [0.717, 1.165) is 11.5 Å². The molecule has 10 heavy (non-hydrogen) atoms. The Morgan fingerprint density at radius 1 is 1.60 bits per heavy atom. The molecule has 0 bridgehead atoms. The van der Waals surface area contributed by atoms with Crippen LogP contribution in [0, 0.1) is 0 Å². The van der Waals surface area contributed by atoms with Crippen molar-refractivity contribution >= 4 is 29.4 Å². The van der Waals surface area contributed by atoms with Crippen LogP contribution in [0.2, 0.25) is 0 Å². The molecule has 0 radical (unpaired) electrons. The molecule has 1 saturated heterocycles. The Balaban J connectivity index is 2.39. The summed E-state index contributed by atoms with van der Waals surface area (Å²) in [5, 5.41) is 11.5. The van der Waals surface area contributed by atoms with E-state index < -0.39 is 0 Å². The maximum absolute atomic E-state index is 8.33. The molecule has 1 atom stereocenters. The summed E-state index contributed by atoms with van der Waals surface area (Å²) in [6.07, 6.45) is 0. The summed E-state index contributed by atoms with van der Waals surface area (Å²) in [7, 11) is 0. The van der Waals surface area contributed by atoms with Gasteiger partial charge >= 0.3 is 0 Å². The van der Waals surface area contributed by atoms with Gasteiger partial charge in [-0.05, 0) is 0 Å². The SMILES string of the molecule is N/C(=N\O)C1CSCCS1. The van der Waals surface area contributed by atoms with Crippen molar-refractivity contribution in [2.24, 2.45) is 10.9 Å². The molecule has 1 heterocycles. The molecular formula is C5H10N2OS2. The van der Waals surface area contributed by atoms with Gasteiger partial charge in [0.05, 0.1) is 5.25 Å². The van der Waals surface area contributed by atoms with Crippen LogP contribution in [0.1, 0.15) is 0 Å². The number of hydrogen-bond acceptors (Lipinski definition) is 4. The van der Waals surface area contributed by atoms with Gasteiger partial charge in [0.15, 0.2) is 5.84 Å². The van der Waals surface area contributed by atoms with Crippen LogP contribution in [-0.4, -0.2) is 33.6 Å². The van der Waals surface area contributed by atoms with Gasteiger partial charge in [-0.1, -0.05) is 5.16 Å². The Bertz CT molecular complexity index is 134. The van der Waals surface area contributed by atoms with Crippen molar-refractivity contribution in [2.75, 3.05) is 17.3 Å². The zero-order valence-corrected chi connectivity index (χ0v) is 7.12. The third-order valence-electron chi connectivity index (χ3n) is 1.26. The van der Waals surface area contributed by atoms with Crippen molar-refractivity contribution in [3.05, 3.63) is 0 Å². The van der Waals surface area contributed by atoms with E-state index in [-0.39, 0.29) is 5.25 Å². The van der Waals surface area contributed by atoms with E-state index in [2.05, 4.69) is 5.16 Å². The Hall–Kier alpha value is -0.0300. The smallest absolute Gasteiger partial charge is 0.153 e. The van der Waals surface area contributed by atoms with E-state index in [0.29, 0.717) is 5.84 Å². The summed E-state index contributed by atoms with van der Waals surface area (Å²) >= 11 is 3.61. The summed E-state index contributed by atoms with van der Waals surface area (Å²) < 4.78 is 0. The molecule has 58 valence electrons. The molecular weight excluding hydrogens is 168 g/mol. The minimum Gasteiger partial charge on any atom is -0.409 e. The number of nitrogens with two attached hydrogens (primary N) is 1. The standard InChI is InChI=1S/C5H10N2OS2/c6-5(7-8)4-3-9-1-2-10-4/h4,8H,1-3H2,(H2,6,7). The summed E-state index contributed by atoms with van der Waals surface area (Å²) in [4.78, 5) is 0. The van der Waals surface area contributed by atoms with Gasteiger partial charge in [-0.2, -0.15) is 11.8 Å². The van der Waals surface area contributed by atoms with Crippen molar-refractivity contribution in [1.29, 1.82) is 0 Å². The highest BCUT2D eigenvalue weighted by Crippen LogP contribution is 2.23. The van der Waals surface area contributed by atoms with Crippen molar-refractivity contribution in [3.63, 3.8) is 0 Å². The Morgan fingerprint density at radius 2 is 2.40 bits per heavy atom. The maximum Gasteiger partial charge on any atom is 0.153 e. The molecule has 1 unspecified atom stereocenters. The molecule has 0 aromatic heterocycles. The minimum atomic E-state index is 0.226. The van der Waals surface area contributed by atoms with Crippen LogP contribution in [0.3, 0.4) is 0 Å². The molecule has 0 saturated carbocycles. The average molecular weight is 178 g/mol. The lowest BCUT2D eigenvalue weighted by molar-refractivity contribution is 0.317. The molecule has 1 aliphatic heterocycles. The minimum absolute atomic E-state index is 0.226. The summed E-state index contributed by atoms with van der Waals surface area (Å²) in [5.74, 6) is 3.61. The van der Waals surface area contributed by atoms with E-state index >= 15 is 0 Å². The van der Waals surface area contributed by atoms with Gasteiger partial charge in [0.25, 0.3) is 0 Å². The van der Waals surface area contributed by atoms with Crippen LogP contribution in [0.5, 0.6) is 0 Å². The Morgan fingerprint density at radius 3 is 2.90 bits per heavy atom. The molecule has 1 rings (SSSR count). The quantitative estimate of drug-likeness (QED) is 0.267. The largest absolute Gasteiger partial charge is 0.409 e. The lowest BCUT2D eigenvalue weighted by Gasteiger charge is -2.18. The lowest BCUT2D eigenvalue weighted by atomic mass is 10.4. The molecule has 3 nitrogen and oxygen atoms in total. The molecule has 0 aliphatic carbocycles. The van der Waals surface area contributed by atoms with E-state index in [9.17, 15) is 0 Å². The first-order chi connectivity index (χ1) is 4.84. The summed E-state index contributed by atoms with van der Waals surface area (Å²) in [6.45, 7) is 0. The predicted molar refractivity (Wildman–Crippen MR) is 47.0 cm³/mol. The highest BCUT2D eigenvalue weighted by molar-refractivity contribution is 8.07. The van der Waals surface area contributed by atoms with Gasteiger partial charge in [-0.15, -0.1) is 11.8 Å². The van der Waals surface area contributed by atoms with Gasteiger partial charge in [0.1, 0.15) is 0 Å². The first-order valence-electron chi connectivity index (χ1n) is 3.01. The third kappa shape index (κ3) is 1.98. The van der Waals surface area contributed by atoms with Crippen molar-refractivity contribution in [2.45, 2.75) is 5.25 Å². The van der Waals surface area contributed by atoms with Crippen LogP contribution in [0.25, 0.3) is 0 Å². The maximum atomic E-state index is 8.33. The Labute approximate surface area is 68.4 Å². The van der Waals surface area contributed by atoms with Gasteiger partial charge in [-0.25, -0.2) is 0 Å². The second kappa shape index (κ2) is 3.98. The average Bonchev–Trinajstić information content (AvgIpc) is 2.05. The van der Waals surface area contributed by atoms with E-state index in [1.165, 1.54) is 5.75 Å². The first kappa shape index (κ1) is 8.07. The van der Waals surface area contributed by atoms with E-state index in [4.69, 9.17) is 10.9 Å². The molecule has 0 amide bonds. The first-order valence-corrected chi connectivity index (χ1v) is 5.21. The lowest BCUT2D eigenvalue weighted by Crippen LogP contribution is -2.30. The molecule has 5 heteroatoms. The van der Waals surface area contributed by atoms with Crippen molar-refractivity contribution in [3.8, 4) is 0 Å².